The molecular formula is C27H17Br2ClN2O2S. The molecular weight excluding hydrogens is 612 g/mol. The summed E-state index contributed by atoms with van der Waals surface area (Å²) in [6, 6.07) is 21.2. The molecule has 0 aliphatic rings. The zero-order chi connectivity index (χ0) is 24.5. The number of carbonyl (C=O) groups excluding carboxylic acids is 1. The first-order valence-electron chi connectivity index (χ1n) is 10.6. The molecule has 0 saturated heterocycles. The molecule has 0 radical (unpaired) electrons. The van der Waals surface area contributed by atoms with Crippen LogP contribution in [0.5, 0.6) is 0 Å². The van der Waals surface area contributed by atoms with Crippen molar-refractivity contribution in [2.45, 2.75) is 6.92 Å². The first kappa shape index (κ1) is 24.0. The predicted octanol–water partition coefficient (Wildman–Crippen LogP) is 9.36. The van der Waals surface area contributed by atoms with Crippen molar-refractivity contribution in [3.8, 4) is 21.9 Å². The molecule has 0 spiro atoms. The number of hydrogen-bond donors (Lipinski definition) is 1. The van der Waals surface area contributed by atoms with Crippen molar-refractivity contribution in [1.82, 2.24) is 4.98 Å². The number of aryl methyl sites for hydroxylation is 1. The summed E-state index contributed by atoms with van der Waals surface area (Å²) in [6.07, 6.45) is 3.08. The van der Waals surface area contributed by atoms with Gasteiger partial charge in [-0.2, -0.15) is 0 Å². The van der Waals surface area contributed by atoms with E-state index in [9.17, 15) is 4.79 Å². The van der Waals surface area contributed by atoms with Gasteiger partial charge in [-0.25, -0.2) is 4.98 Å². The van der Waals surface area contributed by atoms with Gasteiger partial charge < -0.3 is 9.73 Å². The molecule has 0 aliphatic heterocycles. The number of anilines is 1. The summed E-state index contributed by atoms with van der Waals surface area (Å²) in [5.74, 6) is 0.959. The Bertz CT molecular complexity index is 1570. The molecule has 2 aromatic heterocycles. The van der Waals surface area contributed by atoms with E-state index in [1.54, 1.807) is 17.4 Å². The monoisotopic (exact) mass is 626 g/mol. The van der Waals surface area contributed by atoms with Gasteiger partial charge >= 0.3 is 0 Å². The third kappa shape index (κ3) is 5.28. The van der Waals surface area contributed by atoms with Gasteiger partial charge in [-0.05, 0) is 77.0 Å². The second-order valence-corrected chi connectivity index (χ2v) is 11.0. The van der Waals surface area contributed by atoms with Crippen LogP contribution in [0.1, 0.15) is 11.3 Å². The maximum Gasteiger partial charge on any atom is 0.248 e. The van der Waals surface area contributed by atoms with Crippen molar-refractivity contribution in [3.05, 3.63) is 98.1 Å². The molecule has 0 fully saturated rings. The topological polar surface area (TPSA) is 55.1 Å². The number of aromatic nitrogens is 1. The van der Waals surface area contributed by atoms with Crippen molar-refractivity contribution in [2.24, 2.45) is 0 Å². The smallest absolute Gasteiger partial charge is 0.248 e. The SMILES string of the molecule is Cc1ccc(-c2ccc(/C=C/C(=O)Nc3c(Br)cc(Br)cc3-c3nc4ccccc4s3)o2)cc1Cl. The predicted molar refractivity (Wildman–Crippen MR) is 152 cm³/mol. The first-order valence-corrected chi connectivity index (χ1v) is 13.4. The third-order valence-electron chi connectivity index (χ3n) is 5.31. The van der Waals surface area contributed by atoms with Gasteiger partial charge in [0.15, 0.2) is 0 Å². The quantitative estimate of drug-likeness (QED) is 0.197. The van der Waals surface area contributed by atoms with Crippen LogP contribution in [0.3, 0.4) is 0 Å². The lowest BCUT2D eigenvalue weighted by Crippen LogP contribution is -2.09. The minimum Gasteiger partial charge on any atom is -0.457 e. The Morgan fingerprint density at radius 1 is 1.09 bits per heavy atom. The summed E-state index contributed by atoms with van der Waals surface area (Å²) in [5, 5.41) is 4.48. The number of fused-ring (bicyclic) bond motifs is 1. The number of furan rings is 1. The summed E-state index contributed by atoms with van der Waals surface area (Å²) < 4.78 is 8.60. The van der Waals surface area contributed by atoms with Crippen LogP contribution >= 0.6 is 54.8 Å². The zero-order valence-electron chi connectivity index (χ0n) is 18.3. The van der Waals surface area contributed by atoms with E-state index < -0.39 is 0 Å². The van der Waals surface area contributed by atoms with Gasteiger partial charge in [0.1, 0.15) is 16.5 Å². The maximum atomic E-state index is 12.8. The number of nitrogens with one attached hydrogen (secondary N) is 1. The molecule has 5 aromatic rings. The Balaban J connectivity index is 1.38. The lowest BCUT2D eigenvalue weighted by atomic mass is 10.1. The number of hydrogen-bond acceptors (Lipinski definition) is 4. The van der Waals surface area contributed by atoms with E-state index in [1.165, 1.54) is 6.08 Å². The van der Waals surface area contributed by atoms with E-state index in [0.29, 0.717) is 22.2 Å². The number of rotatable bonds is 5. The van der Waals surface area contributed by atoms with Crippen molar-refractivity contribution < 1.29 is 9.21 Å². The number of thiazole rings is 1. The molecule has 174 valence electrons. The average Bonchev–Trinajstić information content (AvgIpc) is 3.48. The van der Waals surface area contributed by atoms with Crippen LogP contribution in [-0.4, -0.2) is 10.9 Å². The van der Waals surface area contributed by atoms with Crippen LogP contribution in [0.25, 0.3) is 38.2 Å². The van der Waals surface area contributed by atoms with Crippen molar-refractivity contribution in [2.75, 3.05) is 5.32 Å². The molecule has 0 atom stereocenters. The molecule has 1 amide bonds. The summed E-state index contributed by atoms with van der Waals surface area (Å²) in [5.41, 5.74) is 4.28. The molecule has 0 unspecified atom stereocenters. The van der Waals surface area contributed by atoms with E-state index in [0.717, 1.165) is 40.9 Å². The normalized spacial score (nSPS) is 11.4. The Morgan fingerprint density at radius 2 is 1.91 bits per heavy atom. The van der Waals surface area contributed by atoms with Crippen LogP contribution in [0.2, 0.25) is 5.02 Å². The van der Waals surface area contributed by atoms with Crippen molar-refractivity contribution >= 4 is 82.7 Å². The van der Waals surface area contributed by atoms with E-state index in [1.807, 2.05) is 73.7 Å². The van der Waals surface area contributed by atoms with Gasteiger partial charge in [-0.3, -0.25) is 4.79 Å². The second-order valence-electron chi connectivity index (χ2n) is 7.79. The number of para-hydroxylation sites is 1. The standard InChI is InChI=1S/C27H17Br2ClN2O2S/c1-15-6-7-16(12-21(15)30)23-10-8-18(34-23)9-11-25(33)32-26-19(13-17(28)14-20(26)29)27-31-22-4-2-3-5-24(22)35-27/h2-14H,1H3,(H,32,33)/b11-9+. The van der Waals surface area contributed by atoms with Crippen molar-refractivity contribution in [1.29, 1.82) is 0 Å². The molecule has 5 rings (SSSR count). The zero-order valence-corrected chi connectivity index (χ0v) is 23.1. The van der Waals surface area contributed by atoms with E-state index in [2.05, 4.69) is 37.2 Å². The van der Waals surface area contributed by atoms with Crippen LogP contribution < -0.4 is 5.32 Å². The fourth-order valence-electron chi connectivity index (χ4n) is 3.52. The summed E-state index contributed by atoms with van der Waals surface area (Å²) in [4.78, 5) is 17.6. The number of carbonyl (C=O) groups is 1. The van der Waals surface area contributed by atoms with Gasteiger partial charge in [-0.1, -0.05) is 51.8 Å². The summed E-state index contributed by atoms with van der Waals surface area (Å²) in [6.45, 7) is 1.95. The fraction of sp³-hybridized carbons (Fsp3) is 0.0370. The van der Waals surface area contributed by atoms with Gasteiger partial charge in [0.25, 0.3) is 0 Å². The van der Waals surface area contributed by atoms with Crippen LogP contribution in [-0.2, 0) is 4.79 Å². The second kappa shape index (κ2) is 10.1. The number of amides is 1. The fourth-order valence-corrected chi connectivity index (χ4v) is 6.02. The maximum absolute atomic E-state index is 12.8. The lowest BCUT2D eigenvalue weighted by Gasteiger charge is -2.11. The Kier molecular flexibility index (Phi) is 6.93. The molecule has 4 nitrogen and oxygen atoms in total. The minimum atomic E-state index is -0.285. The van der Waals surface area contributed by atoms with Gasteiger partial charge in [0.05, 0.1) is 15.9 Å². The highest BCUT2D eigenvalue weighted by atomic mass is 79.9. The number of nitrogens with zero attached hydrogens (tertiary/aromatic N) is 1. The highest BCUT2D eigenvalue weighted by molar-refractivity contribution is 9.11. The molecule has 0 aliphatic carbocycles. The van der Waals surface area contributed by atoms with Gasteiger partial charge in [-0.15, -0.1) is 11.3 Å². The minimum absolute atomic E-state index is 0.285. The highest BCUT2D eigenvalue weighted by Crippen LogP contribution is 2.40. The van der Waals surface area contributed by atoms with Crippen molar-refractivity contribution in [3.63, 3.8) is 0 Å². The summed E-state index contributed by atoms with van der Waals surface area (Å²) >= 11 is 14.9. The highest BCUT2D eigenvalue weighted by Gasteiger charge is 2.16. The molecule has 0 bridgehead atoms. The largest absolute Gasteiger partial charge is 0.457 e. The lowest BCUT2D eigenvalue weighted by molar-refractivity contribution is -0.111. The molecule has 1 N–H and O–H groups in total. The number of benzene rings is 3. The molecule has 2 heterocycles. The first-order chi connectivity index (χ1) is 16.9. The molecule has 0 saturated carbocycles. The molecule has 35 heavy (non-hydrogen) atoms. The Hall–Kier alpha value is -2.71. The number of halogens is 3. The van der Waals surface area contributed by atoms with Gasteiger partial charge in [0.2, 0.25) is 5.91 Å². The van der Waals surface area contributed by atoms with E-state index in [4.69, 9.17) is 21.0 Å². The molecule has 3 aromatic carbocycles. The third-order valence-corrected chi connectivity index (χ3v) is 7.87. The Morgan fingerprint density at radius 3 is 2.71 bits per heavy atom. The van der Waals surface area contributed by atoms with Crippen LogP contribution in [0.4, 0.5) is 5.69 Å². The summed E-state index contributed by atoms with van der Waals surface area (Å²) in [7, 11) is 0. The van der Waals surface area contributed by atoms with Crippen LogP contribution in [0, 0.1) is 6.92 Å². The van der Waals surface area contributed by atoms with Crippen LogP contribution in [0.15, 0.2) is 86.2 Å². The Labute approximate surface area is 227 Å². The van der Waals surface area contributed by atoms with E-state index >= 15 is 0 Å². The molecule has 8 heteroatoms. The van der Waals surface area contributed by atoms with Gasteiger partial charge in [0, 0.05) is 31.2 Å². The van der Waals surface area contributed by atoms with E-state index in [-0.39, 0.29) is 5.91 Å². The average molecular weight is 629 g/mol.